The highest BCUT2D eigenvalue weighted by Crippen LogP contribution is 1.88. The summed E-state index contributed by atoms with van der Waals surface area (Å²) in [5.41, 5.74) is 0. The van der Waals surface area contributed by atoms with Crippen LogP contribution in [0.4, 0.5) is 0 Å². The third-order valence-corrected chi connectivity index (χ3v) is 2.10. The van der Waals surface area contributed by atoms with E-state index in [4.69, 9.17) is 14.2 Å². The van der Waals surface area contributed by atoms with E-state index in [-0.39, 0.29) is 24.8 Å². The van der Waals surface area contributed by atoms with Crippen molar-refractivity contribution in [2.45, 2.75) is 12.8 Å². The standard InChI is InChI=1S/C12H22O7/c1-15-11(13)3-5-17-7-9-19-10-8-18-6-4-12(14)16-2/h3-10H2,1-2H3. The lowest BCUT2D eigenvalue weighted by atomic mass is 10.5. The first-order valence-corrected chi connectivity index (χ1v) is 6.07. The normalized spacial score (nSPS) is 10.2. The van der Waals surface area contributed by atoms with Crippen LogP contribution in [0.2, 0.25) is 0 Å². The van der Waals surface area contributed by atoms with E-state index < -0.39 is 0 Å². The van der Waals surface area contributed by atoms with Crippen LogP contribution in [-0.2, 0) is 33.3 Å². The number of carbonyl (C=O) groups excluding carboxylic acids is 2. The van der Waals surface area contributed by atoms with Crippen LogP contribution in [0.25, 0.3) is 0 Å². The zero-order chi connectivity index (χ0) is 14.3. The third-order valence-electron chi connectivity index (χ3n) is 2.10. The number of hydrogen-bond donors (Lipinski definition) is 0. The highest BCUT2D eigenvalue weighted by molar-refractivity contribution is 5.69. The number of esters is 2. The summed E-state index contributed by atoms with van der Waals surface area (Å²) in [6.45, 7) is 2.35. The Morgan fingerprint density at radius 1 is 0.632 bits per heavy atom. The molecule has 0 aliphatic rings. The Kier molecular flexibility index (Phi) is 12.4. The zero-order valence-electron chi connectivity index (χ0n) is 11.5. The fourth-order valence-electron chi connectivity index (χ4n) is 1.06. The molecule has 0 radical (unpaired) electrons. The first-order chi connectivity index (χ1) is 9.20. The van der Waals surface area contributed by atoms with Crippen molar-refractivity contribution in [3.63, 3.8) is 0 Å². The third kappa shape index (κ3) is 13.1. The Morgan fingerprint density at radius 2 is 0.947 bits per heavy atom. The first kappa shape index (κ1) is 17.8. The summed E-state index contributed by atoms with van der Waals surface area (Å²) in [7, 11) is 2.68. The Labute approximate surface area is 113 Å². The van der Waals surface area contributed by atoms with E-state index in [9.17, 15) is 9.59 Å². The van der Waals surface area contributed by atoms with Gasteiger partial charge in [-0.05, 0) is 0 Å². The molecule has 7 nitrogen and oxygen atoms in total. The SMILES string of the molecule is COC(=O)CCOCCOCCOCCC(=O)OC. The molecule has 0 amide bonds. The van der Waals surface area contributed by atoms with Gasteiger partial charge in [0.25, 0.3) is 0 Å². The summed E-state index contributed by atoms with van der Waals surface area (Å²) in [4.78, 5) is 21.5. The van der Waals surface area contributed by atoms with E-state index in [1.54, 1.807) is 0 Å². The molecule has 0 saturated carbocycles. The largest absolute Gasteiger partial charge is 0.469 e. The predicted octanol–water partition coefficient (Wildman–Crippen LogP) is 0.162. The van der Waals surface area contributed by atoms with Crippen molar-refractivity contribution in [3.8, 4) is 0 Å². The van der Waals surface area contributed by atoms with E-state index >= 15 is 0 Å². The molecule has 7 heteroatoms. The summed E-state index contributed by atoms with van der Waals surface area (Å²) in [5.74, 6) is -0.583. The van der Waals surface area contributed by atoms with Gasteiger partial charge >= 0.3 is 11.9 Å². The fraction of sp³-hybridized carbons (Fsp3) is 0.833. The van der Waals surface area contributed by atoms with Crippen molar-refractivity contribution in [2.24, 2.45) is 0 Å². The highest BCUT2D eigenvalue weighted by Gasteiger charge is 2.00. The highest BCUT2D eigenvalue weighted by atomic mass is 16.6. The summed E-state index contributed by atoms with van der Waals surface area (Å²) < 4.78 is 24.4. The minimum Gasteiger partial charge on any atom is -0.469 e. The molecular formula is C12H22O7. The summed E-state index contributed by atoms with van der Waals surface area (Å²) in [5, 5.41) is 0. The molecule has 112 valence electrons. The van der Waals surface area contributed by atoms with Crippen LogP contribution >= 0.6 is 0 Å². The van der Waals surface area contributed by atoms with Crippen LogP contribution in [0.3, 0.4) is 0 Å². The van der Waals surface area contributed by atoms with Crippen LogP contribution in [0.15, 0.2) is 0 Å². The van der Waals surface area contributed by atoms with Crippen molar-refractivity contribution in [3.05, 3.63) is 0 Å². The molecule has 0 fully saturated rings. The van der Waals surface area contributed by atoms with Crippen LogP contribution < -0.4 is 0 Å². The van der Waals surface area contributed by atoms with Gasteiger partial charge in [-0.15, -0.1) is 0 Å². The number of carbonyl (C=O) groups is 2. The van der Waals surface area contributed by atoms with E-state index in [1.165, 1.54) is 14.2 Å². The van der Waals surface area contributed by atoms with Gasteiger partial charge in [0, 0.05) is 0 Å². The Balaban J connectivity index is 3.07. The fourth-order valence-corrected chi connectivity index (χ4v) is 1.06. The van der Waals surface area contributed by atoms with Crippen LogP contribution in [0, 0.1) is 0 Å². The molecule has 0 aromatic heterocycles. The number of hydrogen-bond acceptors (Lipinski definition) is 7. The predicted molar refractivity (Wildman–Crippen MR) is 65.7 cm³/mol. The van der Waals surface area contributed by atoms with Gasteiger partial charge < -0.3 is 23.7 Å². The quantitative estimate of drug-likeness (QED) is 0.371. The molecule has 0 aromatic rings. The van der Waals surface area contributed by atoms with Gasteiger partial charge in [0.1, 0.15) is 0 Å². The molecule has 19 heavy (non-hydrogen) atoms. The molecule has 0 aromatic carbocycles. The van der Waals surface area contributed by atoms with E-state index in [2.05, 4.69) is 9.47 Å². The molecule has 0 bridgehead atoms. The zero-order valence-corrected chi connectivity index (χ0v) is 11.5. The smallest absolute Gasteiger partial charge is 0.307 e. The van der Waals surface area contributed by atoms with Gasteiger partial charge in [0.05, 0.1) is 66.7 Å². The van der Waals surface area contributed by atoms with Crippen LogP contribution in [0.5, 0.6) is 0 Å². The Hall–Kier alpha value is -1.18. The van der Waals surface area contributed by atoms with E-state index in [0.29, 0.717) is 39.6 Å². The van der Waals surface area contributed by atoms with Crippen molar-refractivity contribution < 1.29 is 33.3 Å². The first-order valence-electron chi connectivity index (χ1n) is 6.07. The number of ether oxygens (including phenoxy) is 5. The van der Waals surface area contributed by atoms with Gasteiger partial charge in [0.2, 0.25) is 0 Å². The minimum atomic E-state index is -0.292. The number of methoxy groups -OCH3 is 2. The van der Waals surface area contributed by atoms with Gasteiger partial charge in [-0.3, -0.25) is 9.59 Å². The second-order valence-electron chi connectivity index (χ2n) is 3.49. The monoisotopic (exact) mass is 278 g/mol. The average Bonchev–Trinajstić information content (AvgIpc) is 2.43. The van der Waals surface area contributed by atoms with Gasteiger partial charge in [-0.2, -0.15) is 0 Å². The van der Waals surface area contributed by atoms with Gasteiger partial charge in [-0.1, -0.05) is 0 Å². The summed E-state index contributed by atoms with van der Waals surface area (Å²) in [6, 6.07) is 0. The number of rotatable bonds is 12. The van der Waals surface area contributed by atoms with Crippen LogP contribution in [0.1, 0.15) is 12.8 Å². The molecule has 0 unspecified atom stereocenters. The molecule has 0 rings (SSSR count). The maximum absolute atomic E-state index is 10.7. The Bertz CT molecular complexity index is 218. The van der Waals surface area contributed by atoms with Gasteiger partial charge in [-0.25, -0.2) is 0 Å². The van der Waals surface area contributed by atoms with Crippen molar-refractivity contribution in [1.82, 2.24) is 0 Å². The lowest BCUT2D eigenvalue weighted by Crippen LogP contribution is -2.13. The average molecular weight is 278 g/mol. The molecular weight excluding hydrogens is 256 g/mol. The topological polar surface area (TPSA) is 80.3 Å². The molecule has 0 saturated heterocycles. The molecule has 0 aliphatic carbocycles. The van der Waals surface area contributed by atoms with Gasteiger partial charge in [0.15, 0.2) is 0 Å². The van der Waals surface area contributed by atoms with Crippen molar-refractivity contribution in [2.75, 3.05) is 53.9 Å². The molecule has 0 spiro atoms. The molecule has 0 heterocycles. The van der Waals surface area contributed by atoms with E-state index in [1.807, 2.05) is 0 Å². The maximum atomic E-state index is 10.7. The van der Waals surface area contributed by atoms with E-state index in [0.717, 1.165) is 0 Å². The molecule has 0 N–H and O–H groups in total. The lowest BCUT2D eigenvalue weighted by Gasteiger charge is -2.06. The minimum absolute atomic E-state index is 0.243. The van der Waals surface area contributed by atoms with Crippen LogP contribution in [-0.4, -0.2) is 65.8 Å². The van der Waals surface area contributed by atoms with Crippen molar-refractivity contribution in [1.29, 1.82) is 0 Å². The summed E-state index contributed by atoms with van der Waals surface area (Å²) >= 11 is 0. The second kappa shape index (κ2) is 13.3. The molecule has 0 aliphatic heterocycles. The lowest BCUT2D eigenvalue weighted by molar-refractivity contribution is -0.142. The second-order valence-corrected chi connectivity index (χ2v) is 3.49. The van der Waals surface area contributed by atoms with Crippen molar-refractivity contribution >= 4 is 11.9 Å². The Morgan fingerprint density at radius 3 is 1.26 bits per heavy atom. The molecule has 0 atom stereocenters. The maximum Gasteiger partial charge on any atom is 0.307 e. The summed E-state index contributed by atoms with van der Waals surface area (Å²) in [6.07, 6.45) is 0.486.